The largest absolute Gasteiger partial charge is 0.389 e. The van der Waals surface area contributed by atoms with Crippen LogP contribution in [-0.4, -0.2) is 37.0 Å². The molecule has 1 aliphatic rings. The lowest BCUT2D eigenvalue weighted by Gasteiger charge is -2.27. The Hall–Kier alpha value is -0.380. The highest BCUT2D eigenvalue weighted by Gasteiger charge is 2.20. The van der Waals surface area contributed by atoms with Gasteiger partial charge < -0.3 is 15.2 Å². The van der Waals surface area contributed by atoms with E-state index in [-0.39, 0.29) is 6.10 Å². The molecule has 3 nitrogen and oxygen atoms in total. The first-order chi connectivity index (χ1) is 8.72. The molecule has 1 rings (SSSR count). The van der Waals surface area contributed by atoms with Crippen LogP contribution < -0.4 is 5.32 Å². The van der Waals surface area contributed by atoms with Gasteiger partial charge in [0.05, 0.1) is 18.8 Å². The molecule has 0 saturated heterocycles. The predicted octanol–water partition coefficient (Wildman–Crippen LogP) is 2.50. The fourth-order valence-corrected chi connectivity index (χ4v) is 2.46. The smallest absolute Gasteiger partial charge is 0.0897 e. The first-order valence-electron chi connectivity index (χ1n) is 7.34. The second-order valence-corrected chi connectivity index (χ2v) is 5.44. The Bertz CT molecular complexity index is 231. The zero-order chi connectivity index (χ0) is 13.2. The van der Waals surface area contributed by atoms with E-state index in [1.54, 1.807) is 0 Å². The molecule has 18 heavy (non-hydrogen) atoms. The van der Waals surface area contributed by atoms with E-state index in [0.29, 0.717) is 19.3 Å². The average molecular weight is 255 g/mol. The Labute approximate surface area is 112 Å². The van der Waals surface area contributed by atoms with E-state index in [9.17, 15) is 5.11 Å². The number of rotatable bonds is 8. The summed E-state index contributed by atoms with van der Waals surface area (Å²) in [6, 6.07) is 0. The molecule has 0 bridgehead atoms. The van der Waals surface area contributed by atoms with Gasteiger partial charge in [0.15, 0.2) is 0 Å². The minimum Gasteiger partial charge on any atom is -0.389 e. The van der Waals surface area contributed by atoms with Crippen molar-refractivity contribution in [2.45, 2.75) is 58.2 Å². The Morgan fingerprint density at radius 1 is 1.44 bits per heavy atom. The number of aliphatic hydroxyl groups excluding tert-OH is 1. The maximum absolute atomic E-state index is 9.80. The molecule has 0 heterocycles. The molecule has 1 fully saturated rings. The van der Waals surface area contributed by atoms with Crippen molar-refractivity contribution in [2.75, 3.05) is 19.7 Å². The number of hydrogen-bond donors (Lipinski definition) is 2. The normalized spacial score (nSPS) is 26.6. The third-order valence-electron chi connectivity index (χ3n) is 3.52. The Morgan fingerprint density at radius 3 is 3.00 bits per heavy atom. The minimum atomic E-state index is -0.382. The summed E-state index contributed by atoms with van der Waals surface area (Å²) in [5, 5.41) is 13.0. The van der Waals surface area contributed by atoms with E-state index >= 15 is 0 Å². The Kier molecular flexibility index (Phi) is 8.31. The molecule has 0 aliphatic heterocycles. The second-order valence-electron chi connectivity index (χ2n) is 5.44. The number of aliphatic hydroxyl groups is 1. The van der Waals surface area contributed by atoms with E-state index in [1.165, 1.54) is 12.8 Å². The average Bonchev–Trinajstić information content (AvgIpc) is 2.36. The monoisotopic (exact) mass is 255 g/mol. The first-order valence-corrected chi connectivity index (χ1v) is 7.34. The van der Waals surface area contributed by atoms with Gasteiger partial charge in [0, 0.05) is 6.54 Å². The van der Waals surface area contributed by atoms with Crippen LogP contribution in [0.1, 0.15) is 46.0 Å². The van der Waals surface area contributed by atoms with E-state index in [1.807, 2.05) is 13.0 Å². The molecule has 0 aromatic heterocycles. The fraction of sp³-hybridized carbons (Fsp3) is 0.867. The number of nitrogens with one attached hydrogen (secondary N) is 1. The van der Waals surface area contributed by atoms with E-state index in [4.69, 9.17) is 4.74 Å². The third-order valence-corrected chi connectivity index (χ3v) is 3.52. The van der Waals surface area contributed by atoms with Gasteiger partial charge in [0.1, 0.15) is 0 Å². The molecule has 0 aromatic carbocycles. The molecule has 0 amide bonds. The molecule has 0 aromatic rings. The van der Waals surface area contributed by atoms with Crippen LogP contribution in [0.25, 0.3) is 0 Å². The van der Waals surface area contributed by atoms with Crippen molar-refractivity contribution in [3.8, 4) is 0 Å². The van der Waals surface area contributed by atoms with E-state index < -0.39 is 0 Å². The molecule has 106 valence electrons. The predicted molar refractivity (Wildman–Crippen MR) is 75.7 cm³/mol. The molecule has 0 radical (unpaired) electrons. The van der Waals surface area contributed by atoms with Crippen molar-refractivity contribution >= 4 is 0 Å². The van der Waals surface area contributed by atoms with Crippen molar-refractivity contribution in [2.24, 2.45) is 5.92 Å². The van der Waals surface area contributed by atoms with Crippen LogP contribution in [0.5, 0.6) is 0 Å². The van der Waals surface area contributed by atoms with Gasteiger partial charge in [-0.15, -0.1) is 0 Å². The summed E-state index contributed by atoms with van der Waals surface area (Å²) in [6.07, 6.45) is 10.1. The van der Waals surface area contributed by atoms with Crippen LogP contribution in [0.3, 0.4) is 0 Å². The molecule has 2 N–H and O–H groups in total. The maximum atomic E-state index is 9.80. The van der Waals surface area contributed by atoms with Gasteiger partial charge in [0.2, 0.25) is 0 Å². The SMILES string of the molecule is C/C=C/CCNCC(O)COC1CCCC(C)C1. The summed E-state index contributed by atoms with van der Waals surface area (Å²) >= 11 is 0. The summed E-state index contributed by atoms with van der Waals surface area (Å²) < 4.78 is 5.79. The van der Waals surface area contributed by atoms with E-state index in [0.717, 1.165) is 31.7 Å². The molecule has 0 spiro atoms. The number of ether oxygens (including phenoxy) is 1. The van der Waals surface area contributed by atoms with Crippen LogP contribution in [0, 0.1) is 5.92 Å². The maximum Gasteiger partial charge on any atom is 0.0897 e. The van der Waals surface area contributed by atoms with Gasteiger partial charge in [-0.25, -0.2) is 0 Å². The number of allylic oxidation sites excluding steroid dienone is 1. The number of hydrogen-bond acceptors (Lipinski definition) is 3. The lowest BCUT2D eigenvalue weighted by molar-refractivity contribution is -0.0305. The highest BCUT2D eigenvalue weighted by molar-refractivity contribution is 4.77. The van der Waals surface area contributed by atoms with Gasteiger partial charge in [-0.3, -0.25) is 0 Å². The second kappa shape index (κ2) is 9.54. The Balaban J connectivity index is 2.00. The quantitative estimate of drug-likeness (QED) is 0.517. The summed E-state index contributed by atoms with van der Waals surface area (Å²) in [6.45, 7) is 6.32. The van der Waals surface area contributed by atoms with Crippen LogP contribution in [0.2, 0.25) is 0 Å². The van der Waals surface area contributed by atoms with Gasteiger partial charge >= 0.3 is 0 Å². The topological polar surface area (TPSA) is 41.5 Å². The first kappa shape index (κ1) is 15.7. The van der Waals surface area contributed by atoms with Crippen molar-refractivity contribution in [1.82, 2.24) is 5.32 Å². The lowest BCUT2D eigenvalue weighted by atomic mass is 9.89. The molecule has 3 atom stereocenters. The van der Waals surface area contributed by atoms with E-state index in [2.05, 4.69) is 18.3 Å². The fourth-order valence-electron chi connectivity index (χ4n) is 2.46. The van der Waals surface area contributed by atoms with Gasteiger partial charge in [0.25, 0.3) is 0 Å². The van der Waals surface area contributed by atoms with Gasteiger partial charge in [-0.05, 0) is 38.6 Å². The van der Waals surface area contributed by atoms with Crippen LogP contribution in [0.15, 0.2) is 12.2 Å². The van der Waals surface area contributed by atoms with Crippen molar-refractivity contribution in [3.05, 3.63) is 12.2 Å². The van der Waals surface area contributed by atoms with Gasteiger partial charge in [-0.1, -0.05) is 31.9 Å². The molecule has 3 unspecified atom stereocenters. The van der Waals surface area contributed by atoms with Gasteiger partial charge in [-0.2, -0.15) is 0 Å². The zero-order valence-corrected chi connectivity index (χ0v) is 11.9. The summed E-state index contributed by atoms with van der Waals surface area (Å²) in [4.78, 5) is 0. The molecular formula is C15H29NO2. The Morgan fingerprint density at radius 2 is 2.28 bits per heavy atom. The standard InChI is InChI=1S/C15H29NO2/c1-3-4-5-9-16-11-14(17)12-18-15-8-6-7-13(2)10-15/h3-4,13-17H,5-12H2,1-2H3/b4-3+. The van der Waals surface area contributed by atoms with Crippen molar-refractivity contribution < 1.29 is 9.84 Å². The molecule has 1 saturated carbocycles. The van der Waals surface area contributed by atoms with Crippen LogP contribution in [0.4, 0.5) is 0 Å². The summed E-state index contributed by atoms with van der Waals surface area (Å²) in [7, 11) is 0. The summed E-state index contributed by atoms with van der Waals surface area (Å²) in [5.74, 6) is 0.778. The van der Waals surface area contributed by atoms with Crippen LogP contribution in [-0.2, 0) is 4.74 Å². The highest BCUT2D eigenvalue weighted by atomic mass is 16.5. The summed E-state index contributed by atoms with van der Waals surface area (Å²) in [5.41, 5.74) is 0. The lowest BCUT2D eigenvalue weighted by Crippen LogP contribution is -2.33. The minimum absolute atomic E-state index is 0.367. The van der Waals surface area contributed by atoms with Crippen LogP contribution >= 0.6 is 0 Å². The highest BCUT2D eigenvalue weighted by Crippen LogP contribution is 2.25. The molecule has 1 aliphatic carbocycles. The molecule has 3 heteroatoms. The van der Waals surface area contributed by atoms with Crippen molar-refractivity contribution in [1.29, 1.82) is 0 Å². The third kappa shape index (κ3) is 7.14. The zero-order valence-electron chi connectivity index (χ0n) is 11.9. The van der Waals surface area contributed by atoms with Crippen molar-refractivity contribution in [3.63, 3.8) is 0 Å². The molecular weight excluding hydrogens is 226 g/mol.